The number of aliphatic hydroxyl groups is 4. The Bertz CT molecular complexity index is 4470. The number of hydrogen-bond donors (Lipinski definition) is 5. The van der Waals surface area contributed by atoms with Crippen LogP contribution < -0.4 is 24.7 Å². The van der Waals surface area contributed by atoms with E-state index in [-0.39, 0.29) is 53.4 Å². The number of aliphatic hydroxyl groups excluding tert-OH is 4. The van der Waals surface area contributed by atoms with Crippen molar-refractivity contribution in [3.63, 3.8) is 0 Å². The number of benzene rings is 7. The van der Waals surface area contributed by atoms with Crippen LogP contribution in [0, 0.1) is 26.2 Å². The van der Waals surface area contributed by atoms with Gasteiger partial charge in [-0.25, -0.2) is 54.1 Å². The van der Waals surface area contributed by atoms with Crippen molar-refractivity contribution in [3.05, 3.63) is 288 Å². The minimum atomic E-state index is -1.47. The third kappa shape index (κ3) is 21.5. The molecule has 0 saturated heterocycles. The van der Waals surface area contributed by atoms with E-state index in [9.17, 15) is 44.0 Å². The molecule has 4 atom stereocenters. The number of aryl methyl sites for hydroxylation is 2. The fraction of sp³-hybridized carbons (Fsp3) is 0.128. The van der Waals surface area contributed by atoms with Gasteiger partial charge >= 0.3 is 0 Å². The Kier molecular flexibility index (Phi) is 26.4. The highest BCUT2D eigenvalue weighted by molar-refractivity contribution is 5.82. The van der Waals surface area contributed by atoms with E-state index in [1.807, 2.05) is 80.6 Å². The molecule has 12 aromatic rings. The van der Waals surface area contributed by atoms with Gasteiger partial charge in [-0.2, -0.15) is 0 Å². The highest BCUT2D eigenvalue weighted by Gasteiger charge is 2.20. The second-order valence-electron chi connectivity index (χ2n) is 22.1. The molecule has 23 nitrogen and oxygen atoms in total. The first kappa shape index (κ1) is 74.7. The van der Waals surface area contributed by atoms with E-state index in [1.165, 1.54) is 87.5 Å². The Balaban J connectivity index is 0.000000172. The molecule has 7 aromatic carbocycles. The molecular formula is C78H68FN11O12. The van der Waals surface area contributed by atoms with Gasteiger partial charge in [0.2, 0.25) is 5.88 Å². The first-order valence-corrected chi connectivity index (χ1v) is 30.9. The number of aromatic nitrogens is 9. The normalized spacial score (nSPS) is 11.6. The fourth-order valence-electron chi connectivity index (χ4n) is 8.86. The van der Waals surface area contributed by atoms with Gasteiger partial charge in [-0.1, -0.05) is 43.3 Å². The summed E-state index contributed by atoms with van der Waals surface area (Å²) in [5.74, 6) is 4.28. The number of amides is 1. The third-order valence-electron chi connectivity index (χ3n) is 14.3. The predicted molar refractivity (Wildman–Crippen MR) is 377 cm³/mol. The van der Waals surface area contributed by atoms with E-state index >= 15 is 0 Å². The number of nitrogens with two attached hydrogens (primary N) is 1. The number of carbonyl (C=O) groups is 4. The van der Waals surface area contributed by atoms with Gasteiger partial charge in [-0.05, 0) is 210 Å². The van der Waals surface area contributed by atoms with Gasteiger partial charge < -0.3 is 45.1 Å². The molecule has 5 aromatic heterocycles. The number of primary amides is 1. The maximum absolute atomic E-state index is 12.9. The molecule has 0 aliphatic rings. The Morgan fingerprint density at radius 3 is 0.941 bits per heavy atom. The lowest BCUT2D eigenvalue weighted by molar-refractivity contribution is -0.126. The molecule has 5 heterocycles. The molecule has 0 aliphatic carbocycles. The van der Waals surface area contributed by atoms with Crippen LogP contribution in [0.5, 0.6) is 46.1 Å². The number of ketones is 3. The Labute approximate surface area is 586 Å². The van der Waals surface area contributed by atoms with Gasteiger partial charge in [-0.15, -0.1) is 0 Å². The first-order valence-electron chi connectivity index (χ1n) is 30.9. The maximum atomic E-state index is 12.9. The maximum Gasteiger partial charge on any atom is 0.252 e. The van der Waals surface area contributed by atoms with Gasteiger partial charge in [0.05, 0.1) is 29.3 Å². The molecule has 0 bridgehead atoms. The quantitative estimate of drug-likeness (QED) is 0.0443. The van der Waals surface area contributed by atoms with Crippen molar-refractivity contribution in [2.45, 2.75) is 66.5 Å². The molecule has 514 valence electrons. The Morgan fingerprint density at radius 2 is 0.657 bits per heavy atom. The zero-order chi connectivity index (χ0) is 72.0. The zero-order valence-electron chi connectivity index (χ0n) is 54.8. The molecule has 102 heavy (non-hydrogen) atoms. The van der Waals surface area contributed by atoms with Crippen LogP contribution in [0.15, 0.2) is 237 Å². The summed E-state index contributed by atoms with van der Waals surface area (Å²) in [5, 5.41) is 39.2. The lowest BCUT2D eigenvalue weighted by atomic mass is 10.1. The standard InChI is InChI=1S/C20H18N2O3.C19H15FN2O3.C19H14N4O3.C19H17N3O3.CH4/c1-13-3-7-16(8-4-13)25-17-9-5-15(6-10-17)20-21-12-11-18(22-20)19(24)14(2)23;1-12(23)18(24)17-10-11-21-19(22-17)13-2-6-15(7-3-13)25-16-8-4-14(20)5-9-16;1-21-13-4-8-15(9-5-13)26-14-6-2-12(3-7-14)19-22-11-10-16(23-19)17(24)18(20)25;1-12-3-8-17(21-11-12)25-15-6-4-14(5-7-15)19-20-10-9-16(22-19)18(24)13(2)23;/h3-12,19,24H,1-2H3;2-11,18,24H,1H3;2-11,17,24H,(H2,20,25);3-11,18,24H,1-2H3;1H4/t19-;18-;17-;18-;/m0010./s1. The van der Waals surface area contributed by atoms with E-state index < -0.39 is 30.3 Å². The molecule has 12 rings (SSSR count). The van der Waals surface area contributed by atoms with Gasteiger partial charge in [0.15, 0.2) is 70.8 Å². The lowest BCUT2D eigenvalue weighted by Crippen LogP contribution is -2.21. The van der Waals surface area contributed by atoms with Gasteiger partial charge in [-0.3, -0.25) is 19.2 Å². The molecule has 0 fully saturated rings. The molecule has 0 spiro atoms. The van der Waals surface area contributed by atoms with Crippen molar-refractivity contribution in [3.8, 4) is 91.7 Å². The summed E-state index contributed by atoms with van der Waals surface area (Å²) in [7, 11) is 0. The molecule has 0 radical (unpaired) electrons. The molecule has 1 amide bonds. The molecule has 0 aliphatic heterocycles. The van der Waals surface area contributed by atoms with Gasteiger partial charge in [0, 0.05) is 59.3 Å². The molecule has 0 unspecified atom stereocenters. The van der Waals surface area contributed by atoms with Crippen LogP contribution in [0.25, 0.3) is 50.4 Å². The van der Waals surface area contributed by atoms with Gasteiger partial charge in [0.25, 0.3) is 5.91 Å². The summed E-state index contributed by atoms with van der Waals surface area (Å²) < 4.78 is 35.7. The van der Waals surface area contributed by atoms with Crippen molar-refractivity contribution in [2.24, 2.45) is 5.73 Å². The molecular weight excluding hydrogens is 1300 g/mol. The number of rotatable bonds is 20. The summed E-state index contributed by atoms with van der Waals surface area (Å²) in [5.41, 5.74) is 11.8. The summed E-state index contributed by atoms with van der Waals surface area (Å²) in [6, 6.07) is 58.6. The summed E-state index contributed by atoms with van der Waals surface area (Å²) in [4.78, 5) is 86.1. The molecule has 6 N–H and O–H groups in total. The largest absolute Gasteiger partial charge is 0.457 e. The fourth-order valence-corrected chi connectivity index (χ4v) is 8.86. The average molecular weight is 1370 g/mol. The van der Waals surface area contributed by atoms with Crippen LogP contribution in [0.1, 0.15) is 86.5 Å². The van der Waals surface area contributed by atoms with Crippen LogP contribution >= 0.6 is 0 Å². The summed E-state index contributed by atoms with van der Waals surface area (Å²) in [6.07, 6.45) is 2.53. The number of nitrogens with zero attached hydrogens (tertiary/aromatic N) is 10. The Hall–Kier alpha value is -13.1. The monoisotopic (exact) mass is 1370 g/mol. The van der Waals surface area contributed by atoms with Crippen LogP contribution in [-0.4, -0.2) is 88.5 Å². The smallest absolute Gasteiger partial charge is 0.252 e. The highest BCUT2D eigenvalue weighted by Crippen LogP contribution is 2.31. The number of pyridine rings is 1. The zero-order valence-corrected chi connectivity index (χ0v) is 54.8. The van der Waals surface area contributed by atoms with Gasteiger partial charge in [0.1, 0.15) is 46.1 Å². The van der Waals surface area contributed by atoms with Crippen molar-refractivity contribution >= 4 is 28.9 Å². The average Bonchev–Trinajstić information content (AvgIpc) is 0.850. The number of carbonyl (C=O) groups excluding carboxylic acids is 4. The third-order valence-corrected chi connectivity index (χ3v) is 14.3. The van der Waals surface area contributed by atoms with E-state index in [1.54, 1.807) is 109 Å². The van der Waals surface area contributed by atoms with E-state index in [4.69, 9.17) is 31.3 Å². The number of ether oxygens (including phenoxy) is 4. The van der Waals surface area contributed by atoms with E-state index in [2.05, 4.69) is 49.7 Å². The highest BCUT2D eigenvalue weighted by atomic mass is 19.1. The minimum Gasteiger partial charge on any atom is -0.457 e. The number of halogens is 1. The van der Waals surface area contributed by atoms with E-state index in [0.717, 1.165) is 22.4 Å². The van der Waals surface area contributed by atoms with Crippen molar-refractivity contribution in [1.82, 2.24) is 44.9 Å². The Morgan fingerprint density at radius 1 is 0.382 bits per heavy atom. The second kappa shape index (κ2) is 36.0. The van der Waals surface area contributed by atoms with Crippen LogP contribution in [0.2, 0.25) is 0 Å². The first-order chi connectivity index (χ1) is 48.6. The number of Topliss-reactive ketones (excluding diaryl/α,β-unsaturated/α-hetero) is 3. The van der Waals surface area contributed by atoms with Crippen molar-refractivity contribution in [2.75, 3.05) is 0 Å². The predicted octanol–water partition coefficient (Wildman–Crippen LogP) is 14.5. The summed E-state index contributed by atoms with van der Waals surface area (Å²) in [6.45, 7) is 14.9. The molecule has 0 saturated carbocycles. The molecule has 24 heteroatoms. The van der Waals surface area contributed by atoms with Crippen LogP contribution in [0.3, 0.4) is 0 Å². The lowest BCUT2D eigenvalue weighted by Gasteiger charge is -2.09. The topological polar surface area (TPSA) is 333 Å². The van der Waals surface area contributed by atoms with Crippen molar-refractivity contribution in [1.29, 1.82) is 0 Å². The van der Waals surface area contributed by atoms with Crippen molar-refractivity contribution < 1.29 is 62.9 Å². The summed E-state index contributed by atoms with van der Waals surface area (Å²) >= 11 is 0. The SMILES string of the molecule is C.CC(=O)[C@H](O)c1ccnc(-c2ccc(Oc3ccc(C)cc3)cc2)n1.CC(=O)[C@H](O)c1ccnc(-c2ccc(Oc3ccc(C)cn3)cc2)n1.CC(=O)[C@H](O)c1ccnc(-c2ccc(Oc3ccc(F)cc3)cc2)n1.[C-]#[N+]c1ccc(Oc2ccc(-c3nccc([C@@H](O)C(N)=O)n3)cc2)cc1. The minimum absolute atomic E-state index is 0. The number of hydrogen-bond acceptors (Lipinski definition) is 21. The van der Waals surface area contributed by atoms with Crippen LogP contribution in [0.4, 0.5) is 10.1 Å². The van der Waals surface area contributed by atoms with Crippen LogP contribution in [-0.2, 0) is 19.2 Å². The van der Waals surface area contributed by atoms with E-state index in [0.29, 0.717) is 80.5 Å². The second-order valence-corrected chi connectivity index (χ2v) is 22.1.